The quantitative estimate of drug-likeness (QED) is 0.185. The average molecular weight is 587 g/mol. The van der Waals surface area contributed by atoms with Crippen LogP contribution in [0.1, 0.15) is 71.8 Å². The van der Waals surface area contributed by atoms with Crippen LogP contribution >= 0.6 is 34.8 Å². The van der Waals surface area contributed by atoms with Crippen molar-refractivity contribution < 1.29 is 24.6 Å². The zero-order chi connectivity index (χ0) is 27.3. The van der Waals surface area contributed by atoms with E-state index in [4.69, 9.17) is 44.1 Å². The lowest BCUT2D eigenvalue weighted by Gasteiger charge is -2.44. The summed E-state index contributed by atoms with van der Waals surface area (Å²) in [6, 6.07) is 17.7. The third-order valence-corrected chi connectivity index (χ3v) is 8.61. The number of aliphatic hydroxyl groups is 3. The second-order valence-corrected chi connectivity index (χ2v) is 11.6. The molecule has 1 aromatic heterocycles. The lowest BCUT2D eigenvalue weighted by atomic mass is 9.65. The molecular weight excluding hydrogens is 561 g/mol. The van der Waals surface area contributed by atoms with Crippen molar-refractivity contribution in [1.82, 2.24) is 5.16 Å². The van der Waals surface area contributed by atoms with Crippen LogP contribution in [0.5, 0.6) is 5.75 Å². The molecule has 2 fully saturated rings. The van der Waals surface area contributed by atoms with Crippen LogP contribution in [0, 0.1) is 0 Å². The Labute approximate surface area is 240 Å². The van der Waals surface area contributed by atoms with Crippen molar-refractivity contribution in [2.45, 2.75) is 56.0 Å². The highest BCUT2D eigenvalue weighted by atomic mass is 35.5. The molecular formula is C30H26Cl3NO5. The summed E-state index contributed by atoms with van der Waals surface area (Å²) in [4.78, 5) is 0. The molecule has 0 saturated heterocycles. The fourth-order valence-electron chi connectivity index (χ4n) is 5.32. The molecule has 0 aliphatic heterocycles. The van der Waals surface area contributed by atoms with Crippen LogP contribution in [0.25, 0.3) is 11.3 Å². The van der Waals surface area contributed by atoms with Crippen molar-refractivity contribution in [3.63, 3.8) is 0 Å². The molecule has 0 spiro atoms. The number of hydrogen-bond acceptors (Lipinski definition) is 6. The summed E-state index contributed by atoms with van der Waals surface area (Å²) in [5.74, 6) is 1.81. The summed E-state index contributed by atoms with van der Waals surface area (Å²) in [5, 5.41) is 35.6. The van der Waals surface area contributed by atoms with Gasteiger partial charge in [0.25, 0.3) is 0 Å². The highest BCUT2D eigenvalue weighted by Gasteiger charge is 2.45. The van der Waals surface area contributed by atoms with E-state index in [1.807, 2.05) is 12.1 Å². The number of aromatic nitrogens is 1. The van der Waals surface area contributed by atoms with E-state index in [0.29, 0.717) is 62.0 Å². The van der Waals surface area contributed by atoms with Crippen molar-refractivity contribution in [2.75, 3.05) is 0 Å². The SMILES string of the molecule is OC(O)c1ccc(C2CC(O)(c3ccc(OCc4c(-c5c(Cl)cccc5Cl)noc4C4CC4)cc3Cl)C2)cc1. The molecule has 3 aromatic carbocycles. The van der Waals surface area contributed by atoms with Gasteiger partial charge in [0, 0.05) is 22.6 Å². The zero-order valence-corrected chi connectivity index (χ0v) is 23.0. The van der Waals surface area contributed by atoms with Crippen molar-refractivity contribution in [1.29, 1.82) is 0 Å². The monoisotopic (exact) mass is 585 g/mol. The summed E-state index contributed by atoms with van der Waals surface area (Å²) >= 11 is 19.6. The first-order chi connectivity index (χ1) is 18.7. The van der Waals surface area contributed by atoms with Crippen LogP contribution in [-0.2, 0) is 12.2 Å². The van der Waals surface area contributed by atoms with Gasteiger partial charge in [-0.05, 0) is 61.4 Å². The van der Waals surface area contributed by atoms with Crippen LogP contribution < -0.4 is 4.74 Å². The van der Waals surface area contributed by atoms with Crippen molar-refractivity contribution in [3.8, 4) is 17.0 Å². The summed E-state index contributed by atoms with van der Waals surface area (Å²) in [6.45, 7) is 0.201. The average Bonchev–Trinajstić information content (AvgIpc) is 3.66. The van der Waals surface area contributed by atoms with Crippen LogP contribution in [0.15, 0.2) is 65.2 Å². The first-order valence-corrected chi connectivity index (χ1v) is 13.9. The summed E-state index contributed by atoms with van der Waals surface area (Å²) in [7, 11) is 0. The number of halogens is 3. The topological polar surface area (TPSA) is 96.0 Å². The molecule has 2 aliphatic carbocycles. The molecule has 4 aromatic rings. The maximum absolute atomic E-state index is 11.3. The molecule has 2 aliphatic rings. The van der Waals surface area contributed by atoms with Crippen molar-refractivity contribution in [2.24, 2.45) is 0 Å². The molecule has 202 valence electrons. The zero-order valence-electron chi connectivity index (χ0n) is 20.8. The Morgan fingerprint density at radius 3 is 2.23 bits per heavy atom. The van der Waals surface area contributed by atoms with Gasteiger partial charge in [0.1, 0.15) is 23.8 Å². The second-order valence-electron chi connectivity index (χ2n) is 10.4. The Morgan fingerprint density at radius 2 is 1.62 bits per heavy atom. The van der Waals surface area contributed by atoms with E-state index in [1.54, 1.807) is 48.5 Å². The Balaban J connectivity index is 1.18. The van der Waals surface area contributed by atoms with Gasteiger partial charge >= 0.3 is 0 Å². The molecule has 1 heterocycles. The molecule has 9 heteroatoms. The minimum absolute atomic E-state index is 0.149. The Kier molecular flexibility index (Phi) is 7.12. The standard InChI is InChI=1S/C30H26Cl3NO5/c31-23-2-1-3-24(32)26(23)27-21(28(39-34-27)17-6-7-17)15-38-20-10-11-22(25(33)12-20)30(37)13-19(14-30)16-4-8-18(9-5-16)29(35)36/h1-5,8-12,17,19,29,35-37H,6-7,13-15H2. The van der Waals surface area contributed by atoms with Gasteiger partial charge in [0.05, 0.1) is 26.2 Å². The molecule has 39 heavy (non-hydrogen) atoms. The van der Waals surface area contributed by atoms with E-state index < -0.39 is 11.9 Å². The normalized spacial score (nSPS) is 20.7. The van der Waals surface area contributed by atoms with E-state index in [9.17, 15) is 15.3 Å². The predicted molar refractivity (Wildman–Crippen MR) is 149 cm³/mol. The van der Waals surface area contributed by atoms with E-state index in [0.717, 1.165) is 29.7 Å². The number of benzene rings is 3. The first-order valence-electron chi connectivity index (χ1n) is 12.8. The number of ether oxygens (including phenoxy) is 1. The smallest absolute Gasteiger partial charge is 0.178 e. The number of aliphatic hydroxyl groups excluding tert-OH is 1. The van der Waals surface area contributed by atoms with Gasteiger partial charge in [0.2, 0.25) is 0 Å². The van der Waals surface area contributed by atoms with Crippen LogP contribution in [0.3, 0.4) is 0 Å². The van der Waals surface area contributed by atoms with Crippen LogP contribution in [-0.4, -0.2) is 20.5 Å². The molecule has 0 amide bonds. The molecule has 2 saturated carbocycles. The van der Waals surface area contributed by atoms with Gasteiger partial charge in [-0.25, -0.2) is 0 Å². The highest BCUT2D eigenvalue weighted by Crippen LogP contribution is 2.53. The lowest BCUT2D eigenvalue weighted by Crippen LogP contribution is -2.40. The summed E-state index contributed by atoms with van der Waals surface area (Å²) in [5.41, 5.74) is 3.09. The molecule has 6 nitrogen and oxygen atoms in total. The second kappa shape index (κ2) is 10.4. The van der Waals surface area contributed by atoms with Crippen LogP contribution in [0.2, 0.25) is 15.1 Å². The summed E-state index contributed by atoms with van der Waals surface area (Å²) in [6.07, 6.45) is 1.60. The van der Waals surface area contributed by atoms with Gasteiger partial charge in [-0.15, -0.1) is 0 Å². The fourth-order valence-corrected chi connectivity index (χ4v) is 6.24. The Morgan fingerprint density at radius 1 is 0.923 bits per heavy atom. The number of nitrogens with zero attached hydrogens (tertiary/aromatic N) is 1. The van der Waals surface area contributed by atoms with E-state index in [1.165, 1.54) is 0 Å². The number of hydrogen-bond donors (Lipinski definition) is 3. The van der Waals surface area contributed by atoms with E-state index >= 15 is 0 Å². The van der Waals surface area contributed by atoms with Crippen molar-refractivity contribution in [3.05, 3.63) is 104 Å². The van der Waals surface area contributed by atoms with E-state index in [2.05, 4.69) is 5.16 Å². The third-order valence-electron chi connectivity index (χ3n) is 7.67. The molecule has 0 radical (unpaired) electrons. The largest absolute Gasteiger partial charge is 0.489 e. The summed E-state index contributed by atoms with van der Waals surface area (Å²) < 4.78 is 11.9. The van der Waals surface area contributed by atoms with Gasteiger partial charge in [-0.3, -0.25) is 0 Å². The predicted octanol–water partition coefficient (Wildman–Crippen LogP) is 7.51. The minimum atomic E-state index is -1.50. The molecule has 0 atom stereocenters. The third kappa shape index (κ3) is 5.18. The Hall–Kier alpha value is -2.58. The minimum Gasteiger partial charge on any atom is -0.489 e. The molecule has 0 bridgehead atoms. The highest BCUT2D eigenvalue weighted by molar-refractivity contribution is 6.39. The maximum atomic E-state index is 11.3. The van der Waals surface area contributed by atoms with Crippen molar-refractivity contribution >= 4 is 34.8 Å². The Bertz CT molecular complexity index is 1490. The van der Waals surface area contributed by atoms with Gasteiger partial charge in [0.15, 0.2) is 6.29 Å². The van der Waals surface area contributed by atoms with E-state index in [-0.39, 0.29) is 12.5 Å². The van der Waals surface area contributed by atoms with Gasteiger partial charge in [-0.1, -0.05) is 76.4 Å². The lowest BCUT2D eigenvalue weighted by molar-refractivity contribution is -0.0552. The first kappa shape index (κ1) is 26.6. The maximum Gasteiger partial charge on any atom is 0.178 e. The van der Waals surface area contributed by atoms with Crippen LogP contribution in [0.4, 0.5) is 0 Å². The molecule has 3 N–H and O–H groups in total. The molecule has 6 rings (SSSR count). The fraction of sp³-hybridized carbons (Fsp3) is 0.300. The van der Waals surface area contributed by atoms with Gasteiger partial charge < -0.3 is 24.6 Å². The molecule has 0 unspecified atom stereocenters. The number of rotatable bonds is 8. The van der Waals surface area contributed by atoms with Gasteiger partial charge in [-0.2, -0.15) is 0 Å².